The van der Waals surface area contributed by atoms with E-state index in [1.807, 2.05) is 55.5 Å². The first-order valence-electron chi connectivity index (χ1n) is 11.6. The van der Waals surface area contributed by atoms with Crippen LogP contribution >= 0.6 is 0 Å². The lowest BCUT2D eigenvalue weighted by Crippen LogP contribution is -2.42. The molecule has 0 bridgehead atoms. The van der Waals surface area contributed by atoms with Crippen LogP contribution in [0.2, 0.25) is 0 Å². The molecule has 32 heavy (non-hydrogen) atoms. The summed E-state index contributed by atoms with van der Waals surface area (Å²) in [4.78, 5) is 38.6. The third-order valence-corrected chi connectivity index (χ3v) is 6.38. The lowest BCUT2D eigenvalue weighted by Gasteiger charge is -2.18. The first-order valence-corrected chi connectivity index (χ1v) is 11.6. The van der Waals surface area contributed by atoms with Crippen LogP contribution in [0.25, 0.3) is 11.0 Å². The number of carbonyl (C=O) groups is 1. The molecular weight excluding hydrogens is 402 g/mol. The number of aryl methyl sites for hydroxylation is 2. The normalized spacial score (nSPS) is 14.9. The van der Waals surface area contributed by atoms with Crippen LogP contribution in [0, 0.1) is 6.92 Å². The Labute approximate surface area is 187 Å². The molecule has 1 fully saturated rings. The molecule has 1 aliphatic rings. The highest BCUT2D eigenvalue weighted by Crippen LogP contribution is 2.17. The number of para-hydroxylation sites is 2. The van der Waals surface area contributed by atoms with Crippen LogP contribution in [-0.2, 0) is 17.9 Å². The Morgan fingerprint density at radius 2 is 1.47 bits per heavy atom. The summed E-state index contributed by atoms with van der Waals surface area (Å²) in [6, 6.07) is 15.6. The summed E-state index contributed by atoms with van der Waals surface area (Å²) in [5.41, 5.74) is 2.33. The first kappa shape index (κ1) is 22.1. The van der Waals surface area contributed by atoms with Crippen molar-refractivity contribution in [1.82, 2.24) is 14.5 Å². The van der Waals surface area contributed by atoms with Gasteiger partial charge in [-0.2, -0.15) is 0 Å². The van der Waals surface area contributed by atoms with Crippen LogP contribution in [0.15, 0.2) is 58.1 Å². The molecule has 6 nitrogen and oxygen atoms in total. The Morgan fingerprint density at radius 1 is 0.875 bits per heavy atom. The Kier molecular flexibility index (Phi) is 6.88. The van der Waals surface area contributed by atoms with Crippen LogP contribution in [0.5, 0.6) is 0 Å². The van der Waals surface area contributed by atoms with E-state index in [1.165, 1.54) is 22.0 Å². The van der Waals surface area contributed by atoms with Crippen molar-refractivity contribution in [1.29, 1.82) is 0 Å². The lowest BCUT2D eigenvalue weighted by molar-refractivity contribution is -0.122. The molecule has 1 N–H and O–H groups in total. The number of benzene rings is 2. The molecule has 0 radical (unpaired) electrons. The molecule has 3 aromatic rings. The summed E-state index contributed by atoms with van der Waals surface area (Å²) >= 11 is 0. The fourth-order valence-electron chi connectivity index (χ4n) is 4.56. The maximum Gasteiger partial charge on any atom is 0.317 e. The van der Waals surface area contributed by atoms with E-state index in [0.717, 1.165) is 36.8 Å². The maximum absolute atomic E-state index is 13.0. The van der Waals surface area contributed by atoms with Crippen LogP contribution in [-0.4, -0.2) is 21.1 Å². The quantitative estimate of drug-likeness (QED) is 0.475. The van der Waals surface area contributed by atoms with E-state index in [1.54, 1.807) is 0 Å². The van der Waals surface area contributed by atoms with E-state index in [9.17, 15) is 14.4 Å². The number of fused-ring (bicyclic) bond motifs is 1. The van der Waals surface area contributed by atoms with Crippen molar-refractivity contribution in [3.05, 3.63) is 80.4 Å². The molecule has 1 aliphatic carbocycles. The van der Waals surface area contributed by atoms with Gasteiger partial charge in [0.15, 0.2) is 0 Å². The zero-order valence-electron chi connectivity index (χ0n) is 18.7. The van der Waals surface area contributed by atoms with Crippen molar-refractivity contribution in [2.75, 3.05) is 0 Å². The van der Waals surface area contributed by atoms with E-state index in [0.29, 0.717) is 17.6 Å². The van der Waals surface area contributed by atoms with Crippen molar-refractivity contribution in [3.63, 3.8) is 0 Å². The minimum absolute atomic E-state index is 0.0586. The summed E-state index contributed by atoms with van der Waals surface area (Å²) < 4.78 is 2.99. The van der Waals surface area contributed by atoms with Crippen LogP contribution < -0.4 is 16.4 Å². The van der Waals surface area contributed by atoms with Gasteiger partial charge in [-0.05, 0) is 37.5 Å². The monoisotopic (exact) mass is 433 g/mol. The van der Waals surface area contributed by atoms with Crippen molar-refractivity contribution >= 4 is 16.9 Å². The van der Waals surface area contributed by atoms with E-state index in [2.05, 4.69) is 5.32 Å². The highest BCUT2D eigenvalue weighted by atomic mass is 16.2. The van der Waals surface area contributed by atoms with Gasteiger partial charge in [0, 0.05) is 19.0 Å². The minimum atomic E-state index is -0.585. The molecule has 0 aliphatic heterocycles. The topological polar surface area (TPSA) is 73.1 Å². The standard InChI is InChI=1S/C26H31N3O3/c1-19-12-14-20(15-13-19)18-29-23-11-7-6-10-22(23)28(25(31)26(29)32)17-16-24(30)27-21-8-4-2-3-5-9-21/h6-7,10-15,21H,2-5,8-9,16-18H2,1H3,(H,27,30). The number of carbonyl (C=O) groups excluding carboxylic acids is 1. The predicted octanol–water partition coefficient (Wildman–Crippen LogP) is 3.75. The van der Waals surface area contributed by atoms with Crippen LogP contribution in [0.3, 0.4) is 0 Å². The molecule has 168 valence electrons. The van der Waals surface area contributed by atoms with Gasteiger partial charge >= 0.3 is 11.1 Å². The molecule has 6 heteroatoms. The average molecular weight is 434 g/mol. The van der Waals surface area contributed by atoms with Gasteiger partial charge in [0.2, 0.25) is 5.91 Å². The minimum Gasteiger partial charge on any atom is -0.353 e. The van der Waals surface area contributed by atoms with E-state index in [4.69, 9.17) is 0 Å². The van der Waals surface area contributed by atoms with Crippen molar-refractivity contribution < 1.29 is 4.79 Å². The van der Waals surface area contributed by atoms with E-state index >= 15 is 0 Å². The van der Waals surface area contributed by atoms with Crippen molar-refractivity contribution in [2.24, 2.45) is 0 Å². The Morgan fingerprint density at radius 3 is 2.12 bits per heavy atom. The first-order chi connectivity index (χ1) is 15.5. The van der Waals surface area contributed by atoms with Gasteiger partial charge in [0.25, 0.3) is 0 Å². The largest absolute Gasteiger partial charge is 0.353 e. The fourth-order valence-corrected chi connectivity index (χ4v) is 4.56. The van der Waals surface area contributed by atoms with Gasteiger partial charge in [-0.3, -0.25) is 19.0 Å². The molecule has 1 saturated carbocycles. The number of hydrogen-bond donors (Lipinski definition) is 1. The number of nitrogens with zero attached hydrogens (tertiary/aromatic N) is 2. The van der Waals surface area contributed by atoms with E-state index < -0.39 is 11.1 Å². The number of amides is 1. The smallest absolute Gasteiger partial charge is 0.317 e. The number of rotatable bonds is 6. The molecule has 1 amide bonds. The second-order valence-electron chi connectivity index (χ2n) is 8.83. The summed E-state index contributed by atoms with van der Waals surface area (Å²) in [7, 11) is 0. The van der Waals surface area contributed by atoms with Gasteiger partial charge in [-0.15, -0.1) is 0 Å². The maximum atomic E-state index is 13.0. The Hall–Kier alpha value is -3.15. The van der Waals surface area contributed by atoms with Crippen molar-refractivity contribution in [2.45, 2.75) is 71.0 Å². The molecule has 1 aromatic heterocycles. The molecule has 0 spiro atoms. The summed E-state index contributed by atoms with van der Waals surface area (Å²) in [5, 5.41) is 3.12. The molecule has 1 heterocycles. The third-order valence-electron chi connectivity index (χ3n) is 6.38. The molecule has 0 saturated heterocycles. The zero-order valence-corrected chi connectivity index (χ0v) is 18.7. The predicted molar refractivity (Wildman–Crippen MR) is 127 cm³/mol. The van der Waals surface area contributed by atoms with Gasteiger partial charge in [-0.25, -0.2) is 0 Å². The molecule has 4 rings (SSSR count). The van der Waals surface area contributed by atoms with Crippen LogP contribution in [0.4, 0.5) is 0 Å². The van der Waals surface area contributed by atoms with Crippen molar-refractivity contribution in [3.8, 4) is 0 Å². The zero-order chi connectivity index (χ0) is 22.5. The summed E-state index contributed by atoms with van der Waals surface area (Å²) in [6.45, 7) is 2.54. The van der Waals surface area contributed by atoms with Gasteiger partial charge < -0.3 is 9.88 Å². The fraction of sp³-hybridized carbons (Fsp3) is 0.423. The Balaban J connectivity index is 1.58. The lowest BCUT2D eigenvalue weighted by atomic mass is 10.1. The van der Waals surface area contributed by atoms with Gasteiger partial charge in [0.1, 0.15) is 0 Å². The molecule has 0 unspecified atom stereocenters. The molecular formula is C26H31N3O3. The van der Waals surface area contributed by atoms with E-state index in [-0.39, 0.29) is 24.9 Å². The number of aromatic nitrogens is 2. The summed E-state index contributed by atoms with van der Waals surface area (Å²) in [5.74, 6) is -0.0586. The average Bonchev–Trinajstić information content (AvgIpc) is 3.06. The molecule has 0 atom stereocenters. The van der Waals surface area contributed by atoms with Gasteiger partial charge in [-0.1, -0.05) is 67.6 Å². The highest BCUT2D eigenvalue weighted by Gasteiger charge is 2.17. The molecule has 2 aromatic carbocycles. The summed E-state index contributed by atoms with van der Waals surface area (Å²) in [6.07, 6.45) is 6.97. The SMILES string of the molecule is Cc1ccc(Cn2c(=O)c(=O)n(CCC(=O)NC3CCCCCC3)c3ccccc32)cc1. The van der Waals surface area contributed by atoms with Gasteiger partial charge in [0.05, 0.1) is 17.6 Å². The second kappa shape index (κ2) is 9.98. The highest BCUT2D eigenvalue weighted by molar-refractivity contribution is 5.77. The second-order valence-corrected chi connectivity index (χ2v) is 8.83. The number of nitrogens with one attached hydrogen (secondary N) is 1. The Bertz CT molecular complexity index is 1200. The van der Waals surface area contributed by atoms with Crippen LogP contribution in [0.1, 0.15) is 56.1 Å². The third kappa shape index (κ3) is 5.01. The number of hydrogen-bond acceptors (Lipinski definition) is 3.